The van der Waals surface area contributed by atoms with Gasteiger partial charge in [-0.3, -0.25) is 9.20 Å². The highest BCUT2D eigenvalue weighted by atomic mass is 32.1. The fraction of sp³-hybridized carbons (Fsp3) is 0.241. The van der Waals surface area contributed by atoms with Crippen molar-refractivity contribution in [1.29, 1.82) is 0 Å². The Bertz CT molecular complexity index is 1480. The first kappa shape index (κ1) is 21.9. The number of amides is 1. The molecule has 1 aliphatic heterocycles. The Morgan fingerprint density at radius 3 is 2.54 bits per heavy atom. The minimum absolute atomic E-state index is 0.134. The Balaban J connectivity index is 1.17. The van der Waals surface area contributed by atoms with E-state index in [4.69, 9.17) is 9.72 Å². The summed E-state index contributed by atoms with van der Waals surface area (Å²) in [5, 5.41) is 0. The molecule has 0 radical (unpaired) electrons. The fourth-order valence-corrected chi connectivity index (χ4v) is 6.05. The summed E-state index contributed by atoms with van der Waals surface area (Å²) in [6.45, 7) is 1.65. The van der Waals surface area contributed by atoms with Crippen LogP contribution in [0.4, 0.5) is 0 Å². The SMILES string of the molecule is COc1ccc(-c2cn3c(n2)sc2cc(C(=O)N4CCC(Cc5ccccc5)CC4)ccc23)cc1. The number of aromatic nitrogens is 2. The highest BCUT2D eigenvalue weighted by molar-refractivity contribution is 7.23. The number of imidazole rings is 1. The van der Waals surface area contributed by atoms with Crippen LogP contribution in [-0.4, -0.2) is 40.4 Å². The molecule has 0 aliphatic carbocycles. The van der Waals surface area contributed by atoms with Crippen molar-refractivity contribution < 1.29 is 9.53 Å². The molecule has 176 valence electrons. The number of benzene rings is 3. The van der Waals surface area contributed by atoms with Crippen LogP contribution in [0, 0.1) is 5.92 Å². The van der Waals surface area contributed by atoms with Gasteiger partial charge in [-0.1, -0.05) is 41.7 Å². The molecule has 3 heterocycles. The van der Waals surface area contributed by atoms with Crippen molar-refractivity contribution >= 4 is 32.4 Å². The molecule has 5 aromatic rings. The lowest BCUT2D eigenvalue weighted by atomic mass is 9.90. The normalized spacial score (nSPS) is 14.6. The second-order valence-corrected chi connectivity index (χ2v) is 10.2. The highest BCUT2D eigenvalue weighted by Gasteiger charge is 2.24. The number of hydrogen-bond donors (Lipinski definition) is 0. The largest absolute Gasteiger partial charge is 0.497 e. The van der Waals surface area contributed by atoms with Crippen molar-refractivity contribution in [3.8, 4) is 17.0 Å². The maximum Gasteiger partial charge on any atom is 0.253 e. The third-order valence-electron chi connectivity index (χ3n) is 7.00. The number of nitrogens with zero attached hydrogens (tertiary/aromatic N) is 3. The van der Waals surface area contributed by atoms with Crippen molar-refractivity contribution in [2.24, 2.45) is 5.92 Å². The molecule has 0 unspecified atom stereocenters. The zero-order chi connectivity index (χ0) is 23.8. The number of likely N-dealkylation sites (tertiary alicyclic amines) is 1. The highest BCUT2D eigenvalue weighted by Crippen LogP contribution is 2.31. The van der Waals surface area contributed by atoms with Crippen LogP contribution in [0.2, 0.25) is 0 Å². The van der Waals surface area contributed by atoms with Gasteiger partial charge < -0.3 is 9.64 Å². The van der Waals surface area contributed by atoms with E-state index < -0.39 is 0 Å². The molecule has 6 rings (SSSR count). The molecular formula is C29H27N3O2S. The number of hydrogen-bond acceptors (Lipinski definition) is 4. The van der Waals surface area contributed by atoms with Gasteiger partial charge in [0.25, 0.3) is 5.91 Å². The monoisotopic (exact) mass is 481 g/mol. The lowest BCUT2D eigenvalue weighted by Crippen LogP contribution is -2.38. The van der Waals surface area contributed by atoms with Crippen molar-refractivity contribution in [3.63, 3.8) is 0 Å². The molecular weight excluding hydrogens is 454 g/mol. The molecule has 0 spiro atoms. The van der Waals surface area contributed by atoms with Gasteiger partial charge in [0.15, 0.2) is 4.96 Å². The first-order valence-electron chi connectivity index (χ1n) is 12.1. The predicted octanol–water partition coefficient (Wildman–Crippen LogP) is 6.32. The van der Waals surface area contributed by atoms with Crippen LogP contribution in [0.25, 0.3) is 26.4 Å². The summed E-state index contributed by atoms with van der Waals surface area (Å²) in [7, 11) is 1.67. The van der Waals surface area contributed by atoms with Crippen LogP contribution in [0.5, 0.6) is 5.75 Å². The molecule has 1 fully saturated rings. The molecule has 3 aromatic carbocycles. The number of piperidine rings is 1. The van der Waals surface area contributed by atoms with Gasteiger partial charge in [-0.15, -0.1) is 0 Å². The summed E-state index contributed by atoms with van der Waals surface area (Å²) in [5.74, 6) is 1.61. The van der Waals surface area contributed by atoms with Crippen LogP contribution in [0.15, 0.2) is 79.0 Å². The fourth-order valence-electron chi connectivity index (χ4n) is 5.01. The molecule has 2 aromatic heterocycles. The van der Waals surface area contributed by atoms with Crippen molar-refractivity contribution in [2.75, 3.05) is 20.2 Å². The van der Waals surface area contributed by atoms with Gasteiger partial charge in [-0.05, 0) is 73.2 Å². The van der Waals surface area contributed by atoms with E-state index in [1.165, 1.54) is 5.56 Å². The van der Waals surface area contributed by atoms with Gasteiger partial charge in [0.1, 0.15) is 5.75 Å². The number of ether oxygens (including phenoxy) is 1. The van der Waals surface area contributed by atoms with Crippen molar-refractivity contribution in [3.05, 3.63) is 90.1 Å². The maximum atomic E-state index is 13.3. The lowest BCUT2D eigenvalue weighted by Gasteiger charge is -2.32. The van der Waals surface area contributed by atoms with Crippen molar-refractivity contribution in [2.45, 2.75) is 19.3 Å². The topological polar surface area (TPSA) is 46.8 Å². The molecule has 5 nitrogen and oxygen atoms in total. The Kier molecular flexibility index (Phi) is 5.74. The van der Waals surface area contributed by atoms with Crippen LogP contribution >= 0.6 is 11.3 Å². The van der Waals surface area contributed by atoms with E-state index >= 15 is 0 Å². The van der Waals surface area contributed by atoms with E-state index in [2.05, 4.69) is 40.9 Å². The lowest BCUT2D eigenvalue weighted by molar-refractivity contribution is 0.0690. The number of methoxy groups -OCH3 is 1. The zero-order valence-electron chi connectivity index (χ0n) is 19.7. The van der Waals surface area contributed by atoms with Gasteiger partial charge in [0, 0.05) is 30.4 Å². The first-order valence-corrected chi connectivity index (χ1v) is 12.9. The molecule has 0 atom stereocenters. The minimum Gasteiger partial charge on any atom is -0.497 e. The van der Waals surface area contributed by atoms with E-state index in [1.54, 1.807) is 18.4 Å². The standard InChI is InChI=1S/C29H27N3O2S/c1-34-24-10-7-22(8-11-24)25-19-32-26-12-9-23(18-27(26)35-29(32)30-25)28(33)31-15-13-21(14-16-31)17-20-5-3-2-4-6-20/h2-12,18-19,21H,13-17H2,1H3. The smallest absolute Gasteiger partial charge is 0.253 e. The van der Waals surface area contributed by atoms with E-state index in [0.717, 1.165) is 70.1 Å². The molecule has 1 amide bonds. The van der Waals surface area contributed by atoms with E-state index in [0.29, 0.717) is 5.92 Å². The van der Waals surface area contributed by atoms with E-state index in [-0.39, 0.29) is 5.91 Å². The second-order valence-electron chi connectivity index (χ2n) is 9.22. The molecule has 1 saturated heterocycles. The summed E-state index contributed by atoms with van der Waals surface area (Å²) < 4.78 is 8.45. The van der Waals surface area contributed by atoms with Crippen molar-refractivity contribution in [1.82, 2.24) is 14.3 Å². The van der Waals surface area contributed by atoms with Crippen LogP contribution in [-0.2, 0) is 6.42 Å². The molecule has 0 bridgehead atoms. The number of rotatable bonds is 5. The summed E-state index contributed by atoms with van der Waals surface area (Å²) in [4.78, 5) is 21.0. The Morgan fingerprint density at radius 1 is 1.03 bits per heavy atom. The van der Waals surface area contributed by atoms with E-state index in [1.807, 2.05) is 47.4 Å². The van der Waals surface area contributed by atoms with Crippen LogP contribution in [0.3, 0.4) is 0 Å². The molecule has 0 N–H and O–H groups in total. The minimum atomic E-state index is 0.134. The zero-order valence-corrected chi connectivity index (χ0v) is 20.5. The molecule has 0 saturated carbocycles. The van der Waals surface area contributed by atoms with E-state index in [9.17, 15) is 4.79 Å². The Morgan fingerprint density at radius 2 is 1.80 bits per heavy atom. The van der Waals surface area contributed by atoms with Crippen LogP contribution in [0.1, 0.15) is 28.8 Å². The number of fused-ring (bicyclic) bond motifs is 3. The third-order valence-corrected chi connectivity index (χ3v) is 8.01. The molecule has 1 aliphatic rings. The summed E-state index contributed by atoms with van der Waals surface area (Å²) in [6.07, 6.45) is 5.28. The average molecular weight is 482 g/mol. The molecule has 6 heteroatoms. The Labute approximate surface area is 208 Å². The van der Waals surface area contributed by atoms with Gasteiger partial charge in [0.2, 0.25) is 0 Å². The summed E-state index contributed by atoms with van der Waals surface area (Å²) in [5.41, 5.74) is 5.21. The van der Waals surface area contributed by atoms with Crippen LogP contribution < -0.4 is 4.74 Å². The van der Waals surface area contributed by atoms with Gasteiger partial charge in [-0.25, -0.2) is 4.98 Å². The van der Waals surface area contributed by atoms with Gasteiger partial charge in [-0.2, -0.15) is 0 Å². The molecule has 35 heavy (non-hydrogen) atoms. The average Bonchev–Trinajstić information content (AvgIpc) is 3.47. The number of carbonyl (C=O) groups excluding carboxylic acids is 1. The maximum absolute atomic E-state index is 13.3. The second kappa shape index (κ2) is 9.19. The Hall–Kier alpha value is -3.64. The third kappa shape index (κ3) is 4.30. The number of carbonyl (C=O) groups is 1. The summed E-state index contributed by atoms with van der Waals surface area (Å²) in [6, 6.07) is 24.6. The number of thiazole rings is 1. The van der Waals surface area contributed by atoms with Gasteiger partial charge >= 0.3 is 0 Å². The van der Waals surface area contributed by atoms with Gasteiger partial charge in [0.05, 0.1) is 23.0 Å². The first-order chi connectivity index (χ1) is 17.2. The summed E-state index contributed by atoms with van der Waals surface area (Å²) >= 11 is 1.62. The quantitative estimate of drug-likeness (QED) is 0.295. The predicted molar refractivity (Wildman–Crippen MR) is 141 cm³/mol.